The summed E-state index contributed by atoms with van der Waals surface area (Å²) in [7, 11) is 3.38. The summed E-state index contributed by atoms with van der Waals surface area (Å²) in [5, 5.41) is 0. The van der Waals surface area contributed by atoms with E-state index in [4.69, 9.17) is 15.2 Å². The van der Waals surface area contributed by atoms with Gasteiger partial charge < -0.3 is 15.2 Å². The summed E-state index contributed by atoms with van der Waals surface area (Å²) in [5.74, 6) is 1.63. The van der Waals surface area contributed by atoms with E-state index in [1.807, 2.05) is 6.92 Å². The topological polar surface area (TPSA) is 44.5 Å². The van der Waals surface area contributed by atoms with Crippen molar-refractivity contribution >= 4 is 0 Å². The quantitative estimate of drug-likeness (QED) is 0.895. The van der Waals surface area contributed by atoms with Crippen LogP contribution in [0.4, 0.5) is 0 Å². The Morgan fingerprint density at radius 2 is 1.56 bits per heavy atom. The van der Waals surface area contributed by atoms with Gasteiger partial charge >= 0.3 is 0 Å². The molecule has 18 heavy (non-hydrogen) atoms. The summed E-state index contributed by atoms with van der Waals surface area (Å²) in [6, 6.07) is 2.14. The lowest BCUT2D eigenvalue weighted by molar-refractivity contribution is 0.334. The maximum Gasteiger partial charge on any atom is 0.166 e. The Labute approximate surface area is 109 Å². The predicted molar refractivity (Wildman–Crippen MR) is 73.4 cm³/mol. The number of methoxy groups -OCH3 is 2. The molecule has 0 radical (unpaired) electrons. The van der Waals surface area contributed by atoms with Crippen LogP contribution in [0.1, 0.15) is 42.4 Å². The molecule has 3 heteroatoms. The predicted octanol–water partition coefficient (Wildman–Crippen LogP) is 3.05. The second-order valence-corrected chi connectivity index (χ2v) is 5.32. The lowest BCUT2D eigenvalue weighted by atomic mass is 9.84. The number of benzene rings is 1. The molecule has 0 amide bonds. The summed E-state index contributed by atoms with van der Waals surface area (Å²) in [6.45, 7) is 4.15. The van der Waals surface area contributed by atoms with Gasteiger partial charge in [-0.25, -0.2) is 0 Å². The summed E-state index contributed by atoms with van der Waals surface area (Å²) in [4.78, 5) is 0. The lowest BCUT2D eigenvalue weighted by Gasteiger charge is -2.29. The van der Waals surface area contributed by atoms with E-state index >= 15 is 0 Å². The van der Waals surface area contributed by atoms with Crippen LogP contribution in [0, 0.1) is 13.8 Å². The van der Waals surface area contributed by atoms with Crippen molar-refractivity contribution in [1.82, 2.24) is 0 Å². The number of ether oxygens (including phenoxy) is 2. The fourth-order valence-electron chi connectivity index (χ4n) is 3.26. The van der Waals surface area contributed by atoms with Crippen LogP contribution in [0.2, 0.25) is 0 Å². The molecule has 1 aromatic rings. The lowest BCUT2D eigenvalue weighted by Crippen LogP contribution is -2.34. The highest BCUT2D eigenvalue weighted by Gasteiger charge is 2.36. The van der Waals surface area contributed by atoms with Gasteiger partial charge in [-0.15, -0.1) is 0 Å². The van der Waals surface area contributed by atoms with E-state index in [1.165, 1.54) is 18.4 Å². The minimum atomic E-state index is -0.254. The molecular weight excluding hydrogens is 226 g/mol. The second-order valence-electron chi connectivity index (χ2n) is 5.32. The number of nitrogens with two attached hydrogens (primary N) is 1. The van der Waals surface area contributed by atoms with Crippen molar-refractivity contribution in [1.29, 1.82) is 0 Å². The molecule has 2 rings (SSSR count). The zero-order chi connectivity index (χ0) is 13.3. The summed E-state index contributed by atoms with van der Waals surface area (Å²) in [5.41, 5.74) is 9.77. The highest BCUT2D eigenvalue weighted by Crippen LogP contribution is 2.47. The molecule has 1 aromatic carbocycles. The number of aryl methyl sites for hydroxylation is 2. The van der Waals surface area contributed by atoms with Crippen molar-refractivity contribution in [2.75, 3.05) is 14.2 Å². The third-order valence-electron chi connectivity index (χ3n) is 4.02. The average Bonchev–Trinajstić information content (AvgIpc) is 2.75. The van der Waals surface area contributed by atoms with Gasteiger partial charge in [0.1, 0.15) is 0 Å². The van der Waals surface area contributed by atoms with Gasteiger partial charge in [0.05, 0.1) is 14.2 Å². The van der Waals surface area contributed by atoms with Gasteiger partial charge in [-0.3, -0.25) is 0 Å². The zero-order valence-electron chi connectivity index (χ0n) is 11.8. The van der Waals surface area contributed by atoms with Crippen molar-refractivity contribution in [2.24, 2.45) is 5.73 Å². The molecule has 3 nitrogen and oxygen atoms in total. The fraction of sp³-hybridized carbons (Fsp3) is 0.600. The van der Waals surface area contributed by atoms with Crippen LogP contribution in [-0.4, -0.2) is 14.2 Å². The van der Waals surface area contributed by atoms with E-state index in [1.54, 1.807) is 14.2 Å². The van der Waals surface area contributed by atoms with Gasteiger partial charge in [0.2, 0.25) is 0 Å². The molecular formula is C15H23NO2. The molecule has 0 heterocycles. The van der Waals surface area contributed by atoms with Crippen LogP contribution in [0.3, 0.4) is 0 Å². The second kappa shape index (κ2) is 4.81. The van der Waals surface area contributed by atoms with Crippen molar-refractivity contribution in [3.8, 4) is 11.5 Å². The largest absolute Gasteiger partial charge is 0.493 e. The molecule has 0 bridgehead atoms. The third kappa shape index (κ3) is 1.97. The van der Waals surface area contributed by atoms with Gasteiger partial charge in [0.15, 0.2) is 11.5 Å². The molecule has 0 saturated heterocycles. The third-order valence-corrected chi connectivity index (χ3v) is 4.02. The molecule has 1 saturated carbocycles. The van der Waals surface area contributed by atoms with Crippen LogP contribution < -0.4 is 15.2 Å². The van der Waals surface area contributed by atoms with E-state index in [9.17, 15) is 0 Å². The van der Waals surface area contributed by atoms with Crippen LogP contribution in [0.5, 0.6) is 11.5 Å². The number of hydrogen-bond acceptors (Lipinski definition) is 3. The first-order valence-corrected chi connectivity index (χ1v) is 6.55. The molecule has 1 aliphatic carbocycles. The molecule has 2 N–H and O–H groups in total. The van der Waals surface area contributed by atoms with Crippen LogP contribution in [0.25, 0.3) is 0 Å². The molecule has 1 fully saturated rings. The maximum atomic E-state index is 6.60. The van der Waals surface area contributed by atoms with Gasteiger partial charge in [0, 0.05) is 11.1 Å². The Morgan fingerprint density at radius 1 is 1.00 bits per heavy atom. The summed E-state index contributed by atoms with van der Waals surface area (Å²) in [6.07, 6.45) is 4.43. The molecule has 0 unspecified atom stereocenters. The van der Waals surface area contributed by atoms with Crippen LogP contribution in [0.15, 0.2) is 6.07 Å². The summed E-state index contributed by atoms with van der Waals surface area (Å²) >= 11 is 0. The molecule has 0 aromatic heterocycles. The normalized spacial score (nSPS) is 17.8. The van der Waals surface area contributed by atoms with Crippen molar-refractivity contribution in [2.45, 2.75) is 45.1 Å². The minimum Gasteiger partial charge on any atom is -0.493 e. The maximum absolute atomic E-state index is 6.60. The SMILES string of the molecule is COc1c(C)cc(C)c(C2(N)CCCC2)c1OC. The van der Waals surface area contributed by atoms with E-state index in [2.05, 4.69) is 13.0 Å². The van der Waals surface area contributed by atoms with Crippen molar-refractivity contribution in [3.63, 3.8) is 0 Å². The zero-order valence-corrected chi connectivity index (χ0v) is 11.8. The fourth-order valence-corrected chi connectivity index (χ4v) is 3.26. The Balaban J connectivity index is 2.65. The Morgan fingerprint density at radius 3 is 2.06 bits per heavy atom. The minimum absolute atomic E-state index is 0.254. The van der Waals surface area contributed by atoms with E-state index in [0.717, 1.165) is 35.5 Å². The molecule has 0 aliphatic heterocycles. The standard InChI is InChI=1S/C15H23NO2/c1-10-9-11(2)13(17-3)14(18-4)12(10)15(16)7-5-6-8-15/h9H,5-8,16H2,1-4H3. The highest BCUT2D eigenvalue weighted by atomic mass is 16.5. The molecule has 0 spiro atoms. The molecule has 0 atom stereocenters. The van der Waals surface area contributed by atoms with E-state index < -0.39 is 0 Å². The smallest absolute Gasteiger partial charge is 0.166 e. The highest BCUT2D eigenvalue weighted by molar-refractivity contribution is 5.57. The Kier molecular flexibility index (Phi) is 3.53. The van der Waals surface area contributed by atoms with Crippen molar-refractivity contribution in [3.05, 3.63) is 22.8 Å². The number of rotatable bonds is 3. The van der Waals surface area contributed by atoms with E-state index in [-0.39, 0.29) is 5.54 Å². The number of hydrogen-bond donors (Lipinski definition) is 1. The van der Waals surface area contributed by atoms with Gasteiger partial charge in [0.25, 0.3) is 0 Å². The molecule has 1 aliphatic rings. The van der Waals surface area contributed by atoms with Crippen LogP contribution in [-0.2, 0) is 5.54 Å². The van der Waals surface area contributed by atoms with Gasteiger partial charge in [-0.1, -0.05) is 18.9 Å². The monoisotopic (exact) mass is 249 g/mol. The van der Waals surface area contributed by atoms with Gasteiger partial charge in [-0.05, 0) is 37.8 Å². The van der Waals surface area contributed by atoms with Crippen LogP contribution >= 0.6 is 0 Å². The van der Waals surface area contributed by atoms with Crippen molar-refractivity contribution < 1.29 is 9.47 Å². The summed E-state index contributed by atoms with van der Waals surface area (Å²) < 4.78 is 11.1. The first kappa shape index (κ1) is 13.2. The molecule has 100 valence electrons. The first-order valence-electron chi connectivity index (χ1n) is 6.55. The average molecular weight is 249 g/mol. The van der Waals surface area contributed by atoms with Gasteiger partial charge in [-0.2, -0.15) is 0 Å². The Hall–Kier alpha value is -1.22. The Bertz CT molecular complexity index is 448. The first-order chi connectivity index (χ1) is 8.53. The van der Waals surface area contributed by atoms with E-state index in [0.29, 0.717) is 0 Å².